The number of benzene rings is 2. The predicted molar refractivity (Wildman–Crippen MR) is 77.3 cm³/mol. The summed E-state index contributed by atoms with van der Waals surface area (Å²) in [6.07, 6.45) is 1.64. The van der Waals surface area contributed by atoms with Crippen molar-refractivity contribution >= 4 is 0 Å². The standard InChI is InChI=1S/C16H14FN3/c17-14-7-2-1-6-13(14)15-10-19-16(20-15)12-5-3-4-11(8-12)9-18/h1-8,10H,9,18H2,(H,19,20). The Morgan fingerprint density at radius 2 is 1.95 bits per heavy atom. The number of halogens is 1. The number of rotatable bonds is 3. The fraction of sp³-hybridized carbons (Fsp3) is 0.0625. The molecule has 0 aliphatic carbocycles. The van der Waals surface area contributed by atoms with Gasteiger partial charge < -0.3 is 10.7 Å². The molecule has 0 aliphatic rings. The minimum Gasteiger partial charge on any atom is -0.338 e. The summed E-state index contributed by atoms with van der Waals surface area (Å²) >= 11 is 0. The zero-order valence-corrected chi connectivity index (χ0v) is 10.8. The summed E-state index contributed by atoms with van der Waals surface area (Å²) < 4.78 is 13.7. The molecule has 100 valence electrons. The van der Waals surface area contributed by atoms with Crippen molar-refractivity contribution in [1.82, 2.24) is 9.97 Å². The lowest BCUT2D eigenvalue weighted by molar-refractivity contribution is 0.631. The molecular weight excluding hydrogens is 253 g/mol. The molecule has 3 N–H and O–H groups in total. The molecule has 0 radical (unpaired) electrons. The van der Waals surface area contributed by atoms with E-state index in [1.54, 1.807) is 24.4 Å². The van der Waals surface area contributed by atoms with Crippen LogP contribution < -0.4 is 5.73 Å². The Morgan fingerprint density at radius 1 is 1.10 bits per heavy atom. The van der Waals surface area contributed by atoms with Crippen LogP contribution >= 0.6 is 0 Å². The molecule has 3 aromatic rings. The Balaban J connectivity index is 2.00. The van der Waals surface area contributed by atoms with Gasteiger partial charge in [-0.25, -0.2) is 9.37 Å². The van der Waals surface area contributed by atoms with Crippen molar-refractivity contribution in [1.29, 1.82) is 0 Å². The fourth-order valence-electron chi connectivity index (χ4n) is 2.13. The van der Waals surface area contributed by atoms with E-state index in [1.807, 2.05) is 24.3 Å². The lowest BCUT2D eigenvalue weighted by Gasteiger charge is -2.01. The van der Waals surface area contributed by atoms with Crippen LogP contribution in [0.15, 0.2) is 54.7 Å². The molecular formula is C16H14FN3. The molecule has 0 saturated carbocycles. The number of imidazole rings is 1. The van der Waals surface area contributed by atoms with Crippen LogP contribution in [0, 0.1) is 5.82 Å². The molecule has 1 aromatic heterocycles. The van der Waals surface area contributed by atoms with E-state index in [0.29, 0.717) is 23.6 Å². The van der Waals surface area contributed by atoms with E-state index in [4.69, 9.17) is 5.73 Å². The Kier molecular flexibility index (Phi) is 3.31. The average Bonchev–Trinajstić information content (AvgIpc) is 2.97. The first-order valence-corrected chi connectivity index (χ1v) is 6.37. The zero-order chi connectivity index (χ0) is 13.9. The molecule has 3 nitrogen and oxygen atoms in total. The molecule has 0 saturated heterocycles. The molecule has 1 heterocycles. The number of nitrogens with two attached hydrogens (primary N) is 1. The smallest absolute Gasteiger partial charge is 0.137 e. The second-order valence-corrected chi connectivity index (χ2v) is 4.53. The van der Waals surface area contributed by atoms with Crippen molar-refractivity contribution in [2.45, 2.75) is 6.54 Å². The van der Waals surface area contributed by atoms with E-state index >= 15 is 0 Å². The second-order valence-electron chi connectivity index (χ2n) is 4.53. The molecule has 2 aromatic carbocycles. The molecule has 0 atom stereocenters. The zero-order valence-electron chi connectivity index (χ0n) is 10.8. The number of hydrogen-bond donors (Lipinski definition) is 2. The van der Waals surface area contributed by atoms with Gasteiger partial charge in [-0.2, -0.15) is 0 Å². The summed E-state index contributed by atoms with van der Waals surface area (Å²) in [4.78, 5) is 7.46. The van der Waals surface area contributed by atoms with Gasteiger partial charge in [-0.3, -0.25) is 0 Å². The highest BCUT2D eigenvalue weighted by molar-refractivity contribution is 5.65. The molecule has 3 rings (SSSR count). The summed E-state index contributed by atoms with van der Waals surface area (Å²) in [6, 6.07) is 14.4. The van der Waals surface area contributed by atoms with Crippen LogP contribution in [0.4, 0.5) is 4.39 Å². The largest absolute Gasteiger partial charge is 0.338 e. The van der Waals surface area contributed by atoms with Gasteiger partial charge >= 0.3 is 0 Å². The van der Waals surface area contributed by atoms with Crippen molar-refractivity contribution in [3.63, 3.8) is 0 Å². The monoisotopic (exact) mass is 267 g/mol. The minimum atomic E-state index is -0.265. The van der Waals surface area contributed by atoms with Crippen LogP contribution in [-0.2, 0) is 6.54 Å². The van der Waals surface area contributed by atoms with E-state index in [-0.39, 0.29) is 5.82 Å². The van der Waals surface area contributed by atoms with E-state index in [2.05, 4.69) is 9.97 Å². The number of hydrogen-bond acceptors (Lipinski definition) is 2. The van der Waals surface area contributed by atoms with E-state index < -0.39 is 0 Å². The Morgan fingerprint density at radius 3 is 2.75 bits per heavy atom. The fourth-order valence-corrected chi connectivity index (χ4v) is 2.13. The Hall–Kier alpha value is -2.46. The molecule has 4 heteroatoms. The van der Waals surface area contributed by atoms with Crippen molar-refractivity contribution in [3.8, 4) is 22.6 Å². The molecule has 0 amide bonds. The third-order valence-electron chi connectivity index (χ3n) is 3.18. The van der Waals surface area contributed by atoms with Crippen molar-refractivity contribution < 1.29 is 4.39 Å². The maximum Gasteiger partial charge on any atom is 0.137 e. The first-order chi connectivity index (χ1) is 9.78. The van der Waals surface area contributed by atoms with Crippen LogP contribution in [0.25, 0.3) is 22.6 Å². The average molecular weight is 267 g/mol. The maximum atomic E-state index is 13.7. The van der Waals surface area contributed by atoms with Crippen LogP contribution in [0.2, 0.25) is 0 Å². The number of aromatic nitrogens is 2. The quantitative estimate of drug-likeness (QED) is 0.764. The SMILES string of the molecule is NCc1cccc(-c2ncc(-c3ccccc3F)[nH]2)c1. The Labute approximate surface area is 116 Å². The second kappa shape index (κ2) is 5.27. The third kappa shape index (κ3) is 2.33. The van der Waals surface area contributed by atoms with Gasteiger partial charge in [0.05, 0.1) is 11.9 Å². The highest BCUT2D eigenvalue weighted by Crippen LogP contribution is 2.24. The van der Waals surface area contributed by atoms with E-state index in [0.717, 1.165) is 11.1 Å². The summed E-state index contributed by atoms with van der Waals surface area (Å²) in [6.45, 7) is 0.481. The van der Waals surface area contributed by atoms with Crippen molar-refractivity contribution in [2.24, 2.45) is 5.73 Å². The number of nitrogens with one attached hydrogen (secondary N) is 1. The lowest BCUT2D eigenvalue weighted by atomic mass is 10.1. The summed E-state index contributed by atoms with van der Waals surface area (Å²) in [7, 11) is 0. The molecule has 0 aliphatic heterocycles. The number of aromatic amines is 1. The van der Waals surface area contributed by atoms with E-state index in [1.165, 1.54) is 6.07 Å². The summed E-state index contributed by atoms with van der Waals surface area (Å²) in [5.41, 5.74) is 8.78. The van der Waals surface area contributed by atoms with Gasteiger partial charge in [0.15, 0.2) is 0 Å². The molecule has 0 bridgehead atoms. The lowest BCUT2D eigenvalue weighted by Crippen LogP contribution is -1.96. The minimum absolute atomic E-state index is 0.265. The topological polar surface area (TPSA) is 54.7 Å². The maximum absolute atomic E-state index is 13.7. The highest BCUT2D eigenvalue weighted by Gasteiger charge is 2.09. The van der Waals surface area contributed by atoms with Gasteiger partial charge in [0.2, 0.25) is 0 Å². The van der Waals surface area contributed by atoms with Gasteiger partial charge in [-0.05, 0) is 23.8 Å². The van der Waals surface area contributed by atoms with Gasteiger partial charge in [-0.15, -0.1) is 0 Å². The first kappa shape index (κ1) is 12.6. The molecule has 0 unspecified atom stereocenters. The highest BCUT2D eigenvalue weighted by atomic mass is 19.1. The summed E-state index contributed by atoms with van der Waals surface area (Å²) in [5, 5.41) is 0. The molecule has 0 fully saturated rings. The van der Waals surface area contributed by atoms with Gasteiger partial charge in [-0.1, -0.05) is 30.3 Å². The normalized spacial score (nSPS) is 10.7. The van der Waals surface area contributed by atoms with E-state index in [9.17, 15) is 4.39 Å². The van der Waals surface area contributed by atoms with Crippen molar-refractivity contribution in [2.75, 3.05) is 0 Å². The van der Waals surface area contributed by atoms with Crippen molar-refractivity contribution in [3.05, 3.63) is 66.1 Å². The predicted octanol–water partition coefficient (Wildman–Crippen LogP) is 3.34. The number of nitrogens with zero attached hydrogens (tertiary/aromatic N) is 1. The third-order valence-corrected chi connectivity index (χ3v) is 3.18. The molecule has 0 spiro atoms. The van der Waals surface area contributed by atoms with Crippen LogP contribution in [0.3, 0.4) is 0 Å². The van der Waals surface area contributed by atoms with Crippen LogP contribution in [0.5, 0.6) is 0 Å². The number of H-pyrrole nitrogens is 1. The van der Waals surface area contributed by atoms with Gasteiger partial charge in [0.25, 0.3) is 0 Å². The van der Waals surface area contributed by atoms with Crippen LogP contribution in [0.1, 0.15) is 5.56 Å². The first-order valence-electron chi connectivity index (χ1n) is 6.37. The summed E-state index contributed by atoms with van der Waals surface area (Å²) in [5.74, 6) is 0.442. The molecule has 20 heavy (non-hydrogen) atoms. The van der Waals surface area contributed by atoms with Gasteiger partial charge in [0.1, 0.15) is 11.6 Å². The Bertz CT molecular complexity index is 734. The van der Waals surface area contributed by atoms with Gasteiger partial charge in [0, 0.05) is 17.7 Å². The van der Waals surface area contributed by atoms with Crippen LogP contribution in [-0.4, -0.2) is 9.97 Å².